The molecule has 2 aromatic heterocycles. The minimum atomic E-state index is -0.600. The van der Waals surface area contributed by atoms with Gasteiger partial charge >= 0.3 is 5.69 Å². The average Bonchev–Trinajstić information content (AvgIpc) is 3.03. The SMILES string of the molecule is NC(CC(=O)NC1CCC(n2c(=O)c3cc(F)cnc3n(C3CCSCC3)c2=O)CC1)c1ccc(-c2ccccc2)cc1. The summed E-state index contributed by atoms with van der Waals surface area (Å²) in [5.41, 5.74) is 8.89. The summed E-state index contributed by atoms with van der Waals surface area (Å²) < 4.78 is 17.1. The number of carbonyl (C=O) groups is 1. The number of halogens is 1. The van der Waals surface area contributed by atoms with Crippen molar-refractivity contribution in [2.24, 2.45) is 5.73 Å². The number of hydrogen-bond donors (Lipinski definition) is 2. The maximum Gasteiger partial charge on any atom is 0.333 e. The summed E-state index contributed by atoms with van der Waals surface area (Å²) >= 11 is 1.84. The minimum Gasteiger partial charge on any atom is -0.353 e. The van der Waals surface area contributed by atoms with Gasteiger partial charge in [0.1, 0.15) is 11.5 Å². The molecule has 2 fully saturated rings. The van der Waals surface area contributed by atoms with Crippen LogP contribution in [0.2, 0.25) is 0 Å². The van der Waals surface area contributed by atoms with Gasteiger partial charge in [0.25, 0.3) is 5.56 Å². The molecule has 1 aliphatic heterocycles. The Kier molecular flexibility index (Phi) is 8.76. The van der Waals surface area contributed by atoms with Crippen LogP contribution in [0.4, 0.5) is 4.39 Å². The molecule has 0 radical (unpaired) electrons. The van der Waals surface area contributed by atoms with Crippen molar-refractivity contribution in [1.82, 2.24) is 19.4 Å². The number of rotatable bonds is 7. The van der Waals surface area contributed by atoms with Crippen LogP contribution in [0.3, 0.4) is 0 Å². The van der Waals surface area contributed by atoms with E-state index in [1.807, 2.05) is 54.2 Å². The molecule has 1 saturated heterocycles. The summed E-state index contributed by atoms with van der Waals surface area (Å²) in [6.07, 6.45) is 5.20. The highest BCUT2D eigenvalue weighted by Crippen LogP contribution is 2.30. The zero-order valence-electron chi connectivity index (χ0n) is 24.0. The number of carbonyl (C=O) groups excluding carboxylic acids is 1. The Bertz CT molecular complexity index is 1710. The van der Waals surface area contributed by atoms with Gasteiger partial charge in [-0.1, -0.05) is 54.6 Å². The van der Waals surface area contributed by atoms with Crippen LogP contribution in [0.1, 0.15) is 68.6 Å². The first-order valence-corrected chi connectivity index (χ1v) is 16.1. The minimum absolute atomic E-state index is 0.0655. The van der Waals surface area contributed by atoms with E-state index < -0.39 is 17.4 Å². The Morgan fingerprint density at radius 2 is 1.58 bits per heavy atom. The van der Waals surface area contributed by atoms with Gasteiger partial charge in [0.05, 0.1) is 11.6 Å². The van der Waals surface area contributed by atoms with Crippen molar-refractivity contribution >= 4 is 28.7 Å². The molecule has 2 aliphatic rings. The number of nitrogens with two attached hydrogens (primary N) is 1. The Morgan fingerprint density at radius 1 is 0.930 bits per heavy atom. The smallest absolute Gasteiger partial charge is 0.333 e. The van der Waals surface area contributed by atoms with E-state index in [4.69, 9.17) is 5.73 Å². The fourth-order valence-corrected chi connectivity index (χ4v) is 7.52. The molecule has 1 amide bonds. The molecule has 224 valence electrons. The van der Waals surface area contributed by atoms with Crippen molar-refractivity contribution in [2.75, 3.05) is 11.5 Å². The normalized spacial score (nSPS) is 20.1. The van der Waals surface area contributed by atoms with Crippen LogP contribution in [0.25, 0.3) is 22.2 Å². The number of fused-ring (bicyclic) bond motifs is 1. The molecule has 8 nitrogen and oxygen atoms in total. The van der Waals surface area contributed by atoms with E-state index >= 15 is 0 Å². The molecule has 2 aromatic carbocycles. The van der Waals surface area contributed by atoms with Crippen LogP contribution in [-0.4, -0.2) is 37.6 Å². The molecule has 10 heteroatoms. The monoisotopic (exact) mass is 601 g/mol. The first-order chi connectivity index (χ1) is 20.9. The predicted octanol–water partition coefficient (Wildman–Crippen LogP) is 5.12. The third-order valence-electron chi connectivity index (χ3n) is 8.76. The fraction of sp³-hybridized carbons (Fsp3) is 0.394. The van der Waals surface area contributed by atoms with E-state index in [2.05, 4.69) is 22.4 Å². The number of benzene rings is 2. The number of aromatic nitrogens is 3. The van der Waals surface area contributed by atoms with Gasteiger partial charge in [-0.05, 0) is 72.8 Å². The first kappa shape index (κ1) is 29.3. The average molecular weight is 602 g/mol. The molecular weight excluding hydrogens is 565 g/mol. The lowest BCUT2D eigenvalue weighted by Gasteiger charge is -2.31. The number of nitrogens with zero attached hydrogens (tertiary/aromatic N) is 3. The van der Waals surface area contributed by atoms with Crippen molar-refractivity contribution in [2.45, 2.75) is 69.1 Å². The van der Waals surface area contributed by atoms with Crippen LogP contribution in [-0.2, 0) is 4.79 Å². The highest BCUT2D eigenvalue weighted by molar-refractivity contribution is 7.99. The largest absolute Gasteiger partial charge is 0.353 e. The second kappa shape index (κ2) is 12.9. The maximum absolute atomic E-state index is 14.2. The van der Waals surface area contributed by atoms with Gasteiger partial charge in [-0.15, -0.1) is 0 Å². The van der Waals surface area contributed by atoms with Crippen molar-refractivity contribution in [1.29, 1.82) is 0 Å². The van der Waals surface area contributed by atoms with Gasteiger partial charge in [-0.3, -0.25) is 18.7 Å². The number of thioether (sulfide) groups is 1. The summed E-state index contributed by atoms with van der Waals surface area (Å²) in [5.74, 6) is 1.13. The molecular formula is C33H36FN5O3S. The molecule has 4 aromatic rings. The van der Waals surface area contributed by atoms with Gasteiger partial charge in [0.15, 0.2) is 0 Å². The van der Waals surface area contributed by atoms with Crippen molar-refractivity contribution < 1.29 is 9.18 Å². The molecule has 0 spiro atoms. The van der Waals surface area contributed by atoms with E-state index in [0.29, 0.717) is 25.7 Å². The molecule has 0 bridgehead atoms. The van der Waals surface area contributed by atoms with Crippen molar-refractivity contribution in [3.63, 3.8) is 0 Å². The molecule has 1 saturated carbocycles. The summed E-state index contributed by atoms with van der Waals surface area (Å²) in [6.45, 7) is 0. The fourth-order valence-electron chi connectivity index (χ4n) is 6.44. The number of pyridine rings is 1. The van der Waals surface area contributed by atoms with Crippen LogP contribution < -0.4 is 22.3 Å². The number of amides is 1. The van der Waals surface area contributed by atoms with Crippen molar-refractivity contribution in [3.8, 4) is 11.1 Å². The molecule has 3 N–H and O–H groups in total. The highest BCUT2D eigenvalue weighted by Gasteiger charge is 2.30. The summed E-state index contributed by atoms with van der Waals surface area (Å²) in [5, 5.41) is 3.24. The second-order valence-electron chi connectivity index (χ2n) is 11.6. The number of nitrogens with one attached hydrogen (secondary N) is 1. The third-order valence-corrected chi connectivity index (χ3v) is 9.81. The molecule has 1 atom stereocenters. The van der Waals surface area contributed by atoms with E-state index in [9.17, 15) is 18.8 Å². The number of hydrogen-bond acceptors (Lipinski definition) is 6. The maximum atomic E-state index is 14.2. The van der Waals surface area contributed by atoms with Crippen LogP contribution in [0, 0.1) is 5.82 Å². The first-order valence-electron chi connectivity index (χ1n) is 15.0. The zero-order chi connectivity index (χ0) is 29.9. The molecule has 1 unspecified atom stereocenters. The standard InChI is InChI=1S/C33H36FN5O3S/c34-24-18-28-31(36-20-24)38(27-14-16-43-17-15-27)33(42)39(32(28)41)26-12-10-25(11-13-26)37-30(40)19-29(35)23-8-6-22(7-9-23)21-4-2-1-3-5-21/h1-9,18,20,25-27,29H,10-17,19,35H2,(H,37,40). The van der Waals surface area contributed by atoms with Crippen LogP contribution in [0.5, 0.6) is 0 Å². The van der Waals surface area contributed by atoms with Crippen molar-refractivity contribution in [3.05, 3.63) is 99.1 Å². The highest BCUT2D eigenvalue weighted by atomic mass is 32.2. The van der Waals surface area contributed by atoms with Crippen LogP contribution >= 0.6 is 11.8 Å². The summed E-state index contributed by atoms with van der Waals surface area (Å²) in [7, 11) is 0. The van der Waals surface area contributed by atoms with E-state index in [0.717, 1.165) is 47.2 Å². The van der Waals surface area contributed by atoms with Gasteiger partial charge in [-0.25, -0.2) is 14.2 Å². The topological polar surface area (TPSA) is 112 Å². The van der Waals surface area contributed by atoms with Crippen LogP contribution in [0.15, 0.2) is 76.4 Å². The van der Waals surface area contributed by atoms with Gasteiger partial charge in [0, 0.05) is 30.6 Å². The Balaban J connectivity index is 1.11. The lowest BCUT2D eigenvalue weighted by molar-refractivity contribution is -0.122. The Labute approximate surface area is 253 Å². The predicted molar refractivity (Wildman–Crippen MR) is 169 cm³/mol. The van der Waals surface area contributed by atoms with E-state index in [-0.39, 0.29) is 47.2 Å². The van der Waals surface area contributed by atoms with Gasteiger partial charge < -0.3 is 11.1 Å². The second-order valence-corrected chi connectivity index (χ2v) is 12.8. The molecule has 3 heterocycles. The lowest BCUT2D eigenvalue weighted by Crippen LogP contribution is -2.46. The van der Waals surface area contributed by atoms with Gasteiger partial charge in [-0.2, -0.15) is 11.8 Å². The van der Waals surface area contributed by atoms with E-state index in [1.54, 1.807) is 4.57 Å². The van der Waals surface area contributed by atoms with Gasteiger partial charge in [0.2, 0.25) is 5.91 Å². The third kappa shape index (κ3) is 6.31. The van der Waals surface area contributed by atoms with E-state index in [1.165, 1.54) is 10.6 Å². The quantitative estimate of drug-likeness (QED) is 0.304. The Morgan fingerprint density at radius 3 is 2.28 bits per heavy atom. The molecule has 43 heavy (non-hydrogen) atoms. The lowest BCUT2D eigenvalue weighted by atomic mass is 9.90. The summed E-state index contributed by atoms with van der Waals surface area (Å²) in [4.78, 5) is 44.4. The molecule has 6 rings (SSSR count). The zero-order valence-corrected chi connectivity index (χ0v) is 24.8. The Hall–Kier alpha value is -3.76. The summed E-state index contributed by atoms with van der Waals surface area (Å²) in [6, 6.07) is 18.4. The molecule has 1 aliphatic carbocycles.